The van der Waals surface area contributed by atoms with Crippen LogP contribution in [0.15, 0.2) is 65.7 Å². The van der Waals surface area contributed by atoms with Gasteiger partial charge in [0.25, 0.3) is 11.8 Å². The fourth-order valence-corrected chi connectivity index (χ4v) is 4.31. The molecule has 0 saturated carbocycles. The first kappa shape index (κ1) is 19.2. The summed E-state index contributed by atoms with van der Waals surface area (Å²) < 4.78 is 0. The van der Waals surface area contributed by atoms with Crippen LogP contribution in [0.3, 0.4) is 0 Å². The average Bonchev–Trinajstić information content (AvgIpc) is 3.31. The highest BCUT2D eigenvalue weighted by Gasteiger charge is 2.41. The SMILES string of the molecule is CCc1ccc(NC2=C(c3cccs3)C(=O)N(c3ccc(C)cc3C)C2=O)cc1. The van der Waals surface area contributed by atoms with Crippen LogP contribution in [0.5, 0.6) is 0 Å². The van der Waals surface area contributed by atoms with Gasteiger partial charge in [0.1, 0.15) is 5.70 Å². The predicted octanol–water partition coefficient (Wildman–Crippen LogP) is 5.32. The minimum Gasteiger partial charge on any atom is -0.350 e. The van der Waals surface area contributed by atoms with E-state index in [0.717, 1.165) is 28.1 Å². The monoisotopic (exact) mass is 402 g/mol. The number of hydrogen-bond donors (Lipinski definition) is 1. The highest BCUT2D eigenvalue weighted by Crippen LogP contribution is 2.36. The Morgan fingerprint density at radius 2 is 1.72 bits per heavy atom. The van der Waals surface area contributed by atoms with Crippen molar-refractivity contribution in [3.05, 3.63) is 87.2 Å². The van der Waals surface area contributed by atoms with Crippen LogP contribution in [0.1, 0.15) is 28.5 Å². The van der Waals surface area contributed by atoms with E-state index in [1.165, 1.54) is 21.8 Å². The summed E-state index contributed by atoms with van der Waals surface area (Å²) in [5, 5.41) is 5.13. The molecule has 1 N–H and O–H groups in total. The number of carbonyl (C=O) groups excluding carboxylic acids is 2. The summed E-state index contributed by atoms with van der Waals surface area (Å²) in [5.41, 5.74) is 5.35. The van der Waals surface area contributed by atoms with Crippen LogP contribution >= 0.6 is 11.3 Å². The number of nitrogens with zero attached hydrogens (tertiary/aromatic N) is 1. The first-order valence-electron chi connectivity index (χ1n) is 9.59. The van der Waals surface area contributed by atoms with Crippen molar-refractivity contribution in [1.29, 1.82) is 0 Å². The summed E-state index contributed by atoms with van der Waals surface area (Å²) in [7, 11) is 0. The van der Waals surface area contributed by atoms with Gasteiger partial charge in [-0.05, 0) is 61.0 Å². The van der Waals surface area contributed by atoms with E-state index in [9.17, 15) is 9.59 Å². The first-order chi connectivity index (χ1) is 14.0. The molecule has 4 nitrogen and oxygen atoms in total. The van der Waals surface area contributed by atoms with E-state index in [-0.39, 0.29) is 11.8 Å². The van der Waals surface area contributed by atoms with Crippen molar-refractivity contribution < 1.29 is 9.59 Å². The predicted molar refractivity (Wildman–Crippen MR) is 119 cm³/mol. The maximum atomic E-state index is 13.4. The highest BCUT2D eigenvalue weighted by atomic mass is 32.1. The van der Waals surface area contributed by atoms with Crippen molar-refractivity contribution in [1.82, 2.24) is 0 Å². The first-order valence-corrected chi connectivity index (χ1v) is 10.5. The molecule has 4 rings (SSSR count). The second kappa shape index (κ2) is 7.68. The Balaban J connectivity index is 1.78. The Labute approximate surface area is 174 Å². The van der Waals surface area contributed by atoms with Crippen LogP contribution in [0, 0.1) is 13.8 Å². The lowest BCUT2D eigenvalue weighted by Gasteiger charge is -2.18. The van der Waals surface area contributed by atoms with E-state index in [4.69, 9.17) is 0 Å². The van der Waals surface area contributed by atoms with Gasteiger partial charge in [-0.2, -0.15) is 0 Å². The summed E-state index contributed by atoms with van der Waals surface area (Å²) in [5.74, 6) is -0.623. The van der Waals surface area contributed by atoms with E-state index in [2.05, 4.69) is 12.2 Å². The molecular weight excluding hydrogens is 380 g/mol. The van der Waals surface area contributed by atoms with Gasteiger partial charge in [-0.1, -0.05) is 42.8 Å². The summed E-state index contributed by atoms with van der Waals surface area (Å²) in [6.07, 6.45) is 0.946. The molecule has 0 bridgehead atoms. The standard InChI is InChI=1S/C24H22N2O2S/c1-4-17-8-10-18(11-9-17)25-22-21(20-6-5-13-29-20)23(27)26(24(22)28)19-12-7-15(2)14-16(19)3/h5-14,25H,4H2,1-3H3. The molecule has 0 spiro atoms. The van der Waals surface area contributed by atoms with Gasteiger partial charge in [0.15, 0.2) is 0 Å². The van der Waals surface area contributed by atoms with E-state index in [0.29, 0.717) is 17.0 Å². The number of anilines is 2. The Morgan fingerprint density at radius 1 is 0.966 bits per heavy atom. The van der Waals surface area contributed by atoms with Gasteiger partial charge in [0, 0.05) is 10.6 Å². The molecule has 2 aromatic carbocycles. The number of nitrogens with one attached hydrogen (secondary N) is 1. The lowest BCUT2D eigenvalue weighted by Crippen LogP contribution is -2.33. The molecular formula is C24H22N2O2S. The van der Waals surface area contributed by atoms with Crippen molar-refractivity contribution in [2.24, 2.45) is 0 Å². The molecule has 2 heterocycles. The minimum absolute atomic E-state index is 0.294. The van der Waals surface area contributed by atoms with Crippen LogP contribution in [0.25, 0.3) is 5.57 Å². The van der Waals surface area contributed by atoms with Gasteiger partial charge in [0.2, 0.25) is 0 Å². The largest absolute Gasteiger partial charge is 0.350 e. The minimum atomic E-state index is -0.329. The van der Waals surface area contributed by atoms with Crippen molar-refractivity contribution in [2.75, 3.05) is 10.2 Å². The highest BCUT2D eigenvalue weighted by molar-refractivity contribution is 7.11. The van der Waals surface area contributed by atoms with E-state index in [1.54, 1.807) is 0 Å². The van der Waals surface area contributed by atoms with Crippen molar-refractivity contribution in [3.63, 3.8) is 0 Å². The van der Waals surface area contributed by atoms with Crippen molar-refractivity contribution in [2.45, 2.75) is 27.2 Å². The molecule has 0 unspecified atom stereocenters. The second-order valence-corrected chi connectivity index (χ2v) is 8.09. The van der Waals surface area contributed by atoms with Crippen LogP contribution in [-0.2, 0) is 16.0 Å². The fraction of sp³-hybridized carbons (Fsp3) is 0.167. The molecule has 1 aromatic heterocycles. The van der Waals surface area contributed by atoms with Gasteiger partial charge < -0.3 is 5.32 Å². The molecule has 3 aromatic rings. The second-order valence-electron chi connectivity index (χ2n) is 7.14. The quantitative estimate of drug-likeness (QED) is 0.587. The van der Waals surface area contributed by atoms with Gasteiger partial charge in [-0.3, -0.25) is 9.59 Å². The van der Waals surface area contributed by atoms with Crippen molar-refractivity contribution in [3.8, 4) is 0 Å². The Hall–Kier alpha value is -3.18. The number of hydrogen-bond acceptors (Lipinski definition) is 4. The lowest BCUT2D eigenvalue weighted by atomic mass is 10.1. The fourth-order valence-electron chi connectivity index (χ4n) is 3.54. The topological polar surface area (TPSA) is 49.4 Å². The number of benzene rings is 2. The number of imide groups is 1. The number of rotatable bonds is 5. The third-order valence-electron chi connectivity index (χ3n) is 5.08. The summed E-state index contributed by atoms with van der Waals surface area (Å²) in [6.45, 7) is 6.01. The van der Waals surface area contributed by atoms with Crippen LogP contribution in [-0.4, -0.2) is 11.8 Å². The molecule has 1 aliphatic heterocycles. The molecule has 0 radical (unpaired) electrons. The molecule has 0 fully saturated rings. The molecule has 0 aliphatic carbocycles. The van der Waals surface area contributed by atoms with Gasteiger partial charge in [0.05, 0.1) is 11.3 Å². The van der Waals surface area contributed by atoms with E-state index >= 15 is 0 Å². The zero-order chi connectivity index (χ0) is 20.5. The molecule has 0 atom stereocenters. The molecule has 0 saturated heterocycles. The normalized spacial score (nSPS) is 14.1. The number of aryl methyl sites for hydroxylation is 3. The van der Waals surface area contributed by atoms with Gasteiger partial charge >= 0.3 is 0 Å². The Kier molecular flexibility index (Phi) is 5.07. The van der Waals surface area contributed by atoms with E-state index < -0.39 is 0 Å². The number of carbonyl (C=O) groups is 2. The molecule has 2 amide bonds. The van der Waals surface area contributed by atoms with Gasteiger partial charge in [-0.15, -0.1) is 11.3 Å². The van der Waals surface area contributed by atoms with E-state index in [1.807, 2.05) is 73.8 Å². The third-order valence-corrected chi connectivity index (χ3v) is 5.96. The molecule has 5 heteroatoms. The molecule has 146 valence electrons. The smallest absolute Gasteiger partial charge is 0.282 e. The third kappa shape index (κ3) is 3.49. The summed E-state index contributed by atoms with van der Waals surface area (Å²) in [6, 6.07) is 17.4. The maximum absolute atomic E-state index is 13.4. The Bertz CT molecular complexity index is 1110. The number of thiophene rings is 1. The van der Waals surface area contributed by atoms with Crippen LogP contribution in [0.4, 0.5) is 11.4 Å². The van der Waals surface area contributed by atoms with Crippen LogP contribution in [0.2, 0.25) is 0 Å². The number of amides is 2. The molecule has 29 heavy (non-hydrogen) atoms. The van der Waals surface area contributed by atoms with Crippen LogP contribution < -0.4 is 10.2 Å². The summed E-state index contributed by atoms with van der Waals surface area (Å²) in [4.78, 5) is 28.8. The van der Waals surface area contributed by atoms with Crippen molar-refractivity contribution >= 4 is 40.1 Å². The maximum Gasteiger partial charge on any atom is 0.282 e. The molecule has 1 aliphatic rings. The average molecular weight is 403 g/mol. The van der Waals surface area contributed by atoms with Gasteiger partial charge in [-0.25, -0.2) is 4.90 Å². The zero-order valence-electron chi connectivity index (χ0n) is 16.7. The Morgan fingerprint density at radius 3 is 2.34 bits per heavy atom. The zero-order valence-corrected chi connectivity index (χ0v) is 17.5. The summed E-state index contributed by atoms with van der Waals surface area (Å²) >= 11 is 1.45. The lowest BCUT2D eigenvalue weighted by molar-refractivity contribution is -0.120.